The van der Waals surface area contributed by atoms with Crippen LogP contribution in [0.25, 0.3) is 0 Å². The molecule has 2 aromatic carbocycles. The molecule has 0 aromatic heterocycles. The van der Waals surface area contributed by atoms with Gasteiger partial charge < -0.3 is 14.8 Å². The number of sulfonamides is 1. The van der Waals surface area contributed by atoms with Gasteiger partial charge in [-0.1, -0.05) is 6.42 Å². The summed E-state index contributed by atoms with van der Waals surface area (Å²) < 4.78 is 37.3. The van der Waals surface area contributed by atoms with Crippen molar-refractivity contribution in [2.45, 2.75) is 24.2 Å². The second-order valence-corrected chi connectivity index (χ2v) is 8.79. The summed E-state index contributed by atoms with van der Waals surface area (Å²) in [6.07, 6.45) is 3.40. The highest BCUT2D eigenvalue weighted by Gasteiger charge is 2.25. The number of carbonyl (C=O) groups is 2. The molecule has 0 saturated carbocycles. The van der Waals surface area contributed by atoms with Gasteiger partial charge in [0.2, 0.25) is 10.0 Å². The average Bonchev–Trinajstić information content (AvgIpc) is 2.78. The van der Waals surface area contributed by atoms with E-state index in [9.17, 15) is 18.0 Å². The number of amides is 1. The average molecular weight is 432 g/mol. The molecule has 0 spiro atoms. The molecule has 8 nitrogen and oxygen atoms in total. The Morgan fingerprint density at radius 1 is 1.10 bits per heavy atom. The van der Waals surface area contributed by atoms with Gasteiger partial charge in [-0.2, -0.15) is 4.31 Å². The number of hydrogen-bond donors (Lipinski definition) is 1. The number of anilines is 1. The van der Waals surface area contributed by atoms with E-state index < -0.39 is 15.9 Å². The van der Waals surface area contributed by atoms with E-state index in [-0.39, 0.29) is 22.8 Å². The predicted octanol–water partition coefficient (Wildman–Crippen LogP) is 2.70. The van der Waals surface area contributed by atoms with Gasteiger partial charge in [0.25, 0.3) is 5.91 Å². The topological polar surface area (TPSA) is 102 Å². The monoisotopic (exact) mass is 432 g/mol. The first-order valence-electron chi connectivity index (χ1n) is 9.60. The molecule has 1 amide bonds. The summed E-state index contributed by atoms with van der Waals surface area (Å²) in [5.41, 5.74) is 0.723. The molecule has 1 heterocycles. The van der Waals surface area contributed by atoms with Crippen LogP contribution in [0.4, 0.5) is 5.69 Å². The number of aldehydes is 1. The molecule has 1 aliphatic rings. The number of nitrogens with zero attached hydrogens (tertiary/aromatic N) is 1. The second kappa shape index (κ2) is 9.73. The first-order valence-corrected chi connectivity index (χ1v) is 11.0. The third-order valence-corrected chi connectivity index (χ3v) is 6.71. The highest BCUT2D eigenvalue weighted by molar-refractivity contribution is 7.89. The highest BCUT2D eigenvalue weighted by atomic mass is 32.2. The fourth-order valence-corrected chi connectivity index (χ4v) is 4.70. The number of methoxy groups -OCH3 is 1. The van der Waals surface area contributed by atoms with Crippen molar-refractivity contribution in [1.29, 1.82) is 0 Å². The molecule has 0 aliphatic carbocycles. The van der Waals surface area contributed by atoms with Crippen molar-refractivity contribution in [3.63, 3.8) is 0 Å². The number of benzene rings is 2. The van der Waals surface area contributed by atoms with Crippen molar-refractivity contribution in [1.82, 2.24) is 4.31 Å². The lowest BCUT2D eigenvalue weighted by atomic mass is 10.2. The summed E-state index contributed by atoms with van der Waals surface area (Å²) in [6, 6.07) is 10.7. The van der Waals surface area contributed by atoms with Crippen LogP contribution in [0.3, 0.4) is 0 Å². The predicted molar refractivity (Wildman–Crippen MR) is 112 cm³/mol. The zero-order valence-corrected chi connectivity index (χ0v) is 17.5. The van der Waals surface area contributed by atoms with Crippen LogP contribution in [-0.2, 0) is 14.8 Å². The molecular formula is C21H24N2O6S. The minimum Gasteiger partial charge on any atom is -0.497 e. The lowest BCUT2D eigenvalue weighted by molar-refractivity contribution is -0.118. The number of carbonyl (C=O) groups excluding carboxylic acids is 2. The zero-order valence-electron chi connectivity index (χ0n) is 16.7. The molecule has 1 saturated heterocycles. The Morgan fingerprint density at radius 2 is 1.80 bits per heavy atom. The number of nitrogens with one attached hydrogen (secondary N) is 1. The molecule has 30 heavy (non-hydrogen) atoms. The number of ether oxygens (including phenoxy) is 2. The van der Waals surface area contributed by atoms with Gasteiger partial charge in [0.15, 0.2) is 12.9 Å². The smallest absolute Gasteiger partial charge is 0.262 e. The summed E-state index contributed by atoms with van der Waals surface area (Å²) in [4.78, 5) is 23.5. The molecule has 3 rings (SSSR count). The normalized spacial score (nSPS) is 14.7. The van der Waals surface area contributed by atoms with Gasteiger partial charge in [0.05, 0.1) is 17.6 Å². The largest absolute Gasteiger partial charge is 0.497 e. The van der Waals surface area contributed by atoms with Crippen LogP contribution in [0, 0.1) is 0 Å². The molecule has 1 fully saturated rings. The number of hydrogen-bond acceptors (Lipinski definition) is 6. The van der Waals surface area contributed by atoms with Crippen LogP contribution in [-0.4, -0.2) is 51.7 Å². The Labute approximate surface area is 175 Å². The van der Waals surface area contributed by atoms with Crippen LogP contribution in [0.5, 0.6) is 11.5 Å². The van der Waals surface area contributed by atoms with E-state index in [2.05, 4.69) is 5.32 Å². The van der Waals surface area contributed by atoms with Gasteiger partial charge in [-0.25, -0.2) is 8.42 Å². The van der Waals surface area contributed by atoms with Crippen LogP contribution in [0.15, 0.2) is 47.4 Å². The van der Waals surface area contributed by atoms with Gasteiger partial charge in [-0.05, 0) is 55.3 Å². The van der Waals surface area contributed by atoms with Crippen molar-refractivity contribution in [3.8, 4) is 11.5 Å². The summed E-state index contributed by atoms with van der Waals surface area (Å²) in [6.45, 7) is 0.763. The molecule has 0 unspecified atom stereocenters. The maximum absolute atomic E-state index is 12.7. The maximum Gasteiger partial charge on any atom is 0.262 e. The molecule has 0 atom stereocenters. The van der Waals surface area contributed by atoms with E-state index in [0.29, 0.717) is 30.8 Å². The van der Waals surface area contributed by atoms with Crippen molar-refractivity contribution in [2.75, 3.05) is 32.1 Å². The Bertz CT molecular complexity index is 999. The van der Waals surface area contributed by atoms with Gasteiger partial charge >= 0.3 is 0 Å². The minimum atomic E-state index is -3.51. The summed E-state index contributed by atoms with van der Waals surface area (Å²) in [7, 11) is -2.03. The van der Waals surface area contributed by atoms with Gasteiger partial charge in [-0.15, -0.1) is 0 Å². The Morgan fingerprint density at radius 3 is 2.43 bits per heavy atom. The quantitative estimate of drug-likeness (QED) is 0.644. The molecule has 2 aromatic rings. The Hall–Kier alpha value is -2.91. The van der Waals surface area contributed by atoms with E-state index in [4.69, 9.17) is 9.47 Å². The molecule has 0 radical (unpaired) electrons. The number of piperidine rings is 1. The number of rotatable bonds is 8. The van der Waals surface area contributed by atoms with E-state index in [1.165, 1.54) is 29.6 Å². The molecular weight excluding hydrogens is 408 g/mol. The van der Waals surface area contributed by atoms with Gasteiger partial charge in [0.1, 0.15) is 11.5 Å². The Balaban J connectivity index is 1.59. The third kappa shape index (κ3) is 5.17. The lowest BCUT2D eigenvalue weighted by Crippen LogP contribution is -2.35. The van der Waals surface area contributed by atoms with Crippen molar-refractivity contribution < 1.29 is 27.5 Å². The first-order chi connectivity index (χ1) is 14.4. The SMILES string of the molecule is COc1ccc(OCC(=O)Nc2ccc(S(=O)(=O)N3CCCCC3)cc2)c(C=O)c1. The fourth-order valence-electron chi connectivity index (χ4n) is 3.18. The van der Waals surface area contributed by atoms with Crippen LogP contribution < -0.4 is 14.8 Å². The van der Waals surface area contributed by atoms with Crippen LogP contribution >= 0.6 is 0 Å². The summed E-state index contributed by atoms with van der Waals surface area (Å²) in [5.74, 6) is 0.340. The van der Waals surface area contributed by atoms with Crippen LogP contribution in [0.1, 0.15) is 29.6 Å². The molecule has 1 N–H and O–H groups in total. The van der Waals surface area contributed by atoms with Crippen molar-refractivity contribution in [3.05, 3.63) is 48.0 Å². The molecule has 1 aliphatic heterocycles. The summed E-state index contributed by atoms with van der Waals surface area (Å²) >= 11 is 0. The molecule has 0 bridgehead atoms. The van der Waals surface area contributed by atoms with Crippen molar-refractivity contribution in [2.24, 2.45) is 0 Å². The van der Waals surface area contributed by atoms with Gasteiger partial charge in [-0.3, -0.25) is 9.59 Å². The Kier molecular flexibility index (Phi) is 7.07. The van der Waals surface area contributed by atoms with E-state index in [0.717, 1.165) is 19.3 Å². The first kappa shape index (κ1) is 21.8. The molecule has 9 heteroatoms. The highest BCUT2D eigenvalue weighted by Crippen LogP contribution is 2.23. The summed E-state index contributed by atoms with van der Waals surface area (Å²) in [5, 5.41) is 2.65. The fraction of sp³-hybridized carbons (Fsp3) is 0.333. The van der Waals surface area contributed by atoms with Crippen LogP contribution in [0.2, 0.25) is 0 Å². The van der Waals surface area contributed by atoms with Crippen molar-refractivity contribution >= 4 is 27.9 Å². The minimum absolute atomic E-state index is 0.201. The van der Waals surface area contributed by atoms with E-state index in [1.54, 1.807) is 24.3 Å². The van der Waals surface area contributed by atoms with E-state index in [1.807, 2.05) is 0 Å². The zero-order chi connectivity index (χ0) is 21.6. The van der Waals surface area contributed by atoms with E-state index >= 15 is 0 Å². The second-order valence-electron chi connectivity index (χ2n) is 6.85. The standard InChI is InChI=1S/C21H24N2O6S/c1-28-18-7-10-20(16(13-18)14-24)29-15-21(25)22-17-5-8-19(9-6-17)30(26,27)23-11-3-2-4-12-23/h5-10,13-14H,2-4,11-12,15H2,1H3,(H,22,25). The third-order valence-electron chi connectivity index (χ3n) is 4.79. The van der Waals surface area contributed by atoms with Gasteiger partial charge in [0, 0.05) is 18.8 Å². The lowest BCUT2D eigenvalue weighted by Gasteiger charge is -2.25. The molecule has 160 valence electrons. The maximum atomic E-state index is 12.7.